The fourth-order valence-corrected chi connectivity index (χ4v) is 3.98. The number of carbonyl (C=O) groups excluding carboxylic acids is 1. The van der Waals surface area contributed by atoms with E-state index in [0.717, 1.165) is 63.9 Å². The Kier molecular flexibility index (Phi) is 11.2. The largest absolute Gasteiger partial charge is 0.493 e. The standard InChI is InChI=1S/C21H34N4O3.2ClH/c1-16-11-19(27-3)20(28-4)12-18(16)14-23-7-9-24(10-8-23)21(26)15-25-6-5-22-13-17(25)2;;/h11-12,17,22H,5-10,13-15H2,1-4H3;2*1H/t17-;;/m0../s1. The summed E-state index contributed by atoms with van der Waals surface area (Å²) >= 11 is 0. The maximum atomic E-state index is 12.7. The normalized spacial score (nSPS) is 20.1. The van der Waals surface area contributed by atoms with Crippen LogP contribution in [0.3, 0.4) is 0 Å². The Morgan fingerprint density at radius 2 is 1.70 bits per heavy atom. The van der Waals surface area contributed by atoms with Crippen molar-refractivity contribution in [2.24, 2.45) is 0 Å². The Labute approximate surface area is 192 Å². The zero-order chi connectivity index (χ0) is 20.1. The second-order valence-corrected chi connectivity index (χ2v) is 7.81. The van der Waals surface area contributed by atoms with E-state index in [4.69, 9.17) is 9.47 Å². The molecule has 2 aliphatic heterocycles. The Hall–Kier alpha value is -1.25. The summed E-state index contributed by atoms with van der Waals surface area (Å²) in [6, 6.07) is 4.52. The molecule has 1 atom stereocenters. The zero-order valence-electron chi connectivity index (χ0n) is 18.5. The molecule has 0 unspecified atom stereocenters. The summed E-state index contributed by atoms with van der Waals surface area (Å²) in [6.45, 7) is 12.0. The predicted molar refractivity (Wildman–Crippen MR) is 125 cm³/mol. The second-order valence-electron chi connectivity index (χ2n) is 7.81. The SMILES string of the molecule is COc1cc(C)c(CN2CCN(C(=O)CN3CCNC[C@@H]3C)CC2)cc1OC.Cl.Cl. The number of carbonyl (C=O) groups is 1. The van der Waals surface area contributed by atoms with Gasteiger partial charge in [-0.1, -0.05) is 0 Å². The first-order valence-corrected chi connectivity index (χ1v) is 10.2. The molecular formula is C21H36Cl2N4O3. The van der Waals surface area contributed by atoms with Gasteiger partial charge in [0.1, 0.15) is 0 Å². The van der Waals surface area contributed by atoms with Crippen LogP contribution in [0, 0.1) is 6.92 Å². The number of rotatable bonds is 6. The number of methoxy groups -OCH3 is 2. The molecule has 0 saturated carbocycles. The summed E-state index contributed by atoms with van der Waals surface area (Å²) in [4.78, 5) is 19.4. The Bertz CT molecular complexity index is 684. The molecule has 0 aliphatic carbocycles. The lowest BCUT2D eigenvalue weighted by atomic mass is 10.1. The van der Waals surface area contributed by atoms with Gasteiger partial charge in [-0.25, -0.2) is 0 Å². The average Bonchev–Trinajstić information content (AvgIpc) is 2.71. The number of benzene rings is 1. The molecule has 2 saturated heterocycles. The summed E-state index contributed by atoms with van der Waals surface area (Å²) in [5.74, 6) is 1.79. The number of hydrogen-bond acceptors (Lipinski definition) is 6. The van der Waals surface area contributed by atoms with Crippen LogP contribution in [0.25, 0.3) is 0 Å². The van der Waals surface area contributed by atoms with E-state index in [1.54, 1.807) is 14.2 Å². The Morgan fingerprint density at radius 3 is 2.30 bits per heavy atom. The molecule has 1 amide bonds. The van der Waals surface area contributed by atoms with Gasteiger partial charge in [-0.2, -0.15) is 0 Å². The van der Waals surface area contributed by atoms with Crippen LogP contribution in [0.5, 0.6) is 11.5 Å². The van der Waals surface area contributed by atoms with Gasteiger partial charge in [-0.3, -0.25) is 14.6 Å². The highest BCUT2D eigenvalue weighted by Crippen LogP contribution is 2.31. The molecule has 1 aromatic carbocycles. The molecule has 172 valence electrons. The van der Waals surface area contributed by atoms with E-state index in [9.17, 15) is 4.79 Å². The summed E-state index contributed by atoms with van der Waals surface area (Å²) in [7, 11) is 3.33. The van der Waals surface area contributed by atoms with Gasteiger partial charge < -0.3 is 19.7 Å². The van der Waals surface area contributed by atoms with E-state index in [-0.39, 0.29) is 30.7 Å². The number of halogens is 2. The van der Waals surface area contributed by atoms with Crippen LogP contribution in [0.15, 0.2) is 12.1 Å². The molecule has 30 heavy (non-hydrogen) atoms. The number of aryl methyl sites for hydroxylation is 1. The third kappa shape index (κ3) is 6.62. The van der Waals surface area contributed by atoms with Crippen molar-refractivity contribution < 1.29 is 14.3 Å². The smallest absolute Gasteiger partial charge is 0.236 e. The van der Waals surface area contributed by atoms with Crippen molar-refractivity contribution in [2.75, 3.05) is 66.6 Å². The highest BCUT2D eigenvalue weighted by atomic mass is 35.5. The minimum atomic E-state index is 0. The first-order chi connectivity index (χ1) is 13.5. The van der Waals surface area contributed by atoms with Crippen molar-refractivity contribution >= 4 is 30.7 Å². The molecule has 2 fully saturated rings. The van der Waals surface area contributed by atoms with Crippen molar-refractivity contribution in [2.45, 2.75) is 26.4 Å². The summed E-state index contributed by atoms with van der Waals surface area (Å²) in [6.07, 6.45) is 0. The van der Waals surface area contributed by atoms with Gasteiger partial charge in [0.2, 0.25) is 5.91 Å². The van der Waals surface area contributed by atoms with Crippen LogP contribution in [0.1, 0.15) is 18.1 Å². The minimum absolute atomic E-state index is 0. The second kappa shape index (κ2) is 12.6. The van der Waals surface area contributed by atoms with Crippen LogP contribution in [-0.4, -0.2) is 93.2 Å². The fraction of sp³-hybridized carbons (Fsp3) is 0.667. The summed E-state index contributed by atoms with van der Waals surface area (Å²) < 4.78 is 10.8. The number of nitrogens with one attached hydrogen (secondary N) is 1. The molecule has 0 aromatic heterocycles. The van der Waals surface area contributed by atoms with E-state index >= 15 is 0 Å². The number of hydrogen-bond donors (Lipinski definition) is 1. The molecule has 7 nitrogen and oxygen atoms in total. The first-order valence-electron chi connectivity index (χ1n) is 10.2. The van der Waals surface area contributed by atoms with E-state index in [2.05, 4.69) is 35.0 Å². The number of ether oxygens (including phenoxy) is 2. The fourth-order valence-electron chi connectivity index (χ4n) is 3.98. The van der Waals surface area contributed by atoms with E-state index in [1.807, 2.05) is 11.0 Å². The Balaban J connectivity index is 0.00000225. The van der Waals surface area contributed by atoms with Crippen molar-refractivity contribution in [1.29, 1.82) is 0 Å². The van der Waals surface area contributed by atoms with Gasteiger partial charge >= 0.3 is 0 Å². The minimum Gasteiger partial charge on any atom is -0.493 e. The average molecular weight is 463 g/mol. The highest BCUT2D eigenvalue weighted by Gasteiger charge is 2.26. The molecule has 2 heterocycles. The first kappa shape index (κ1) is 26.8. The van der Waals surface area contributed by atoms with Crippen LogP contribution >= 0.6 is 24.8 Å². The lowest BCUT2D eigenvalue weighted by molar-refractivity contribution is -0.135. The molecule has 3 rings (SSSR count). The lowest BCUT2D eigenvalue weighted by Crippen LogP contribution is -2.55. The quantitative estimate of drug-likeness (QED) is 0.695. The van der Waals surface area contributed by atoms with Crippen molar-refractivity contribution in [3.63, 3.8) is 0 Å². The molecule has 0 bridgehead atoms. The van der Waals surface area contributed by atoms with E-state index in [0.29, 0.717) is 12.6 Å². The van der Waals surface area contributed by atoms with Gasteiger partial charge in [0.25, 0.3) is 0 Å². The highest BCUT2D eigenvalue weighted by molar-refractivity contribution is 5.85. The zero-order valence-corrected chi connectivity index (χ0v) is 20.1. The van der Waals surface area contributed by atoms with E-state index < -0.39 is 0 Å². The summed E-state index contributed by atoms with van der Waals surface area (Å²) in [5, 5.41) is 3.38. The predicted octanol–water partition coefficient (Wildman–Crippen LogP) is 1.79. The molecule has 9 heteroatoms. The van der Waals surface area contributed by atoms with Crippen molar-refractivity contribution in [3.05, 3.63) is 23.3 Å². The van der Waals surface area contributed by atoms with Crippen molar-refractivity contribution in [1.82, 2.24) is 20.0 Å². The molecule has 1 aromatic rings. The maximum Gasteiger partial charge on any atom is 0.236 e. The monoisotopic (exact) mass is 462 g/mol. The number of nitrogens with zero attached hydrogens (tertiary/aromatic N) is 3. The Morgan fingerprint density at radius 1 is 1.07 bits per heavy atom. The van der Waals surface area contributed by atoms with Gasteiger partial charge in [0.05, 0.1) is 20.8 Å². The lowest BCUT2D eigenvalue weighted by Gasteiger charge is -2.38. The topological polar surface area (TPSA) is 57.3 Å². The molecule has 0 radical (unpaired) electrons. The molecule has 1 N–H and O–H groups in total. The van der Waals surface area contributed by atoms with Crippen LogP contribution in [0.2, 0.25) is 0 Å². The van der Waals surface area contributed by atoms with Gasteiger partial charge in [-0.15, -0.1) is 24.8 Å². The van der Waals surface area contributed by atoms with Crippen LogP contribution in [0.4, 0.5) is 0 Å². The maximum absolute atomic E-state index is 12.7. The van der Waals surface area contributed by atoms with Gasteiger partial charge in [0.15, 0.2) is 11.5 Å². The molecular weight excluding hydrogens is 427 g/mol. The molecule has 0 spiro atoms. The number of amides is 1. The third-order valence-electron chi connectivity index (χ3n) is 5.94. The van der Waals surface area contributed by atoms with E-state index in [1.165, 1.54) is 11.1 Å². The number of piperazine rings is 2. The van der Waals surface area contributed by atoms with Gasteiger partial charge in [0, 0.05) is 58.4 Å². The third-order valence-corrected chi connectivity index (χ3v) is 5.94. The van der Waals surface area contributed by atoms with Crippen LogP contribution in [-0.2, 0) is 11.3 Å². The van der Waals surface area contributed by atoms with Gasteiger partial charge in [-0.05, 0) is 37.1 Å². The van der Waals surface area contributed by atoms with Crippen LogP contribution < -0.4 is 14.8 Å². The summed E-state index contributed by atoms with van der Waals surface area (Å²) in [5.41, 5.74) is 2.44. The molecule has 2 aliphatic rings. The van der Waals surface area contributed by atoms with Crippen molar-refractivity contribution in [3.8, 4) is 11.5 Å².